The zero-order valence-corrected chi connectivity index (χ0v) is 18.8. The number of rotatable bonds is 4. The first kappa shape index (κ1) is 20.8. The fourth-order valence-electron chi connectivity index (χ4n) is 3.93. The summed E-state index contributed by atoms with van der Waals surface area (Å²) in [5.41, 5.74) is 7.75. The van der Waals surface area contributed by atoms with E-state index in [4.69, 9.17) is 14.5 Å². The zero-order valence-electron chi connectivity index (χ0n) is 18.8. The van der Waals surface area contributed by atoms with Gasteiger partial charge in [-0.15, -0.1) is 0 Å². The van der Waals surface area contributed by atoms with Crippen molar-refractivity contribution in [3.63, 3.8) is 0 Å². The SMILES string of the molecule is COc1ccc(-c2cc(-c3ccc(C)cc3)nc(-c3ccc4c(c3)N(C)C(=O)CO4)c2)cc1. The smallest absolute Gasteiger partial charge is 0.264 e. The molecule has 5 heteroatoms. The molecular weight excluding hydrogens is 412 g/mol. The summed E-state index contributed by atoms with van der Waals surface area (Å²) in [7, 11) is 3.43. The van der Waals surface area contributed by atoms with Crippen LogP contribution in [0.3, 0.4) is 0 Å². The molecule has 0 N–H and O–H groups in total. The number of methoxy groups -OCH3 is 1. The summed E-state index contributed by atoms with van der Waals surface area (Å²) in [6, 6.07) is 26.4. The minimum Gasteiger partial charge on any atom is -0.497 e. The Morgan fingerprint density at radius 1 is 0.818 bits per heavy atom. The van der Waals surface area contributed by atoms with Crippen LogP contribution in [0.5, 0.6) is 11.5 Å². The van der Waals surface area contributed by atoms with E-state index >= 15 is 0 Å². The highest BCUT2D eigenvalue weighted by atomic mass is 16.5. The highest BCUT2D eigenvalue weighted by molar-refractivity contribution is 5.98. The highest BCUT2D eigenvalue weighted by Crippen LogP contribution is 2.37. The van der Waals surface area contributed by atoms with E-state index < -0.39 is 0 Å². The maximum absolute atomic E-state index is 12.1. The van der Waals surface area contributed by atoms with Crippen molar-refractivity contribution in [1.29, 1.82) is 0 Å². The van der Waals surface area contributed by atoms with Gasteiger partial charge in [0.1, 0.15) is 11.5 Å². The van der Waals surface area contributed by atoms with Crippen LogP contribution in [0.4, 0.5) is 5.69 Å². The number of ether oxygens (including phenoxy) is 2. The van der Waals surface area contributed by atoms with Crippen LogP contribution >= 0.6 is 0 Å². The van der Waals surface area contributed by atoms with Gasteiger partial charge in [-0.1, -0.05) is 42.0 Å². The van der Waals surface area contributed by atoms with Crippen molar-refractivity contribution in [1.82, 2.24) is 4.98 Å². The van der Waals surface area contributed by atoms with E-state index in [1.807, 2.05) is 42.5 Å². The van der Waals surface area contributed by atoms with Gasteiger partial charge in [0.15, 0.2) is 6.61 Å². The van der Waals surface area contributed by atoms with Crippen molar-refractivity contribution in [3.05, 3.63) is 84.4 Å². The van der Waals surface area contributed by atoms with Crippen LogP contribution in [0.25, 0.3) is 33.6 Å². The normalized spacial score (nSPS) is 12.8. The van der Waals surface area contributed by atoms with Crippen molar-refractivity contribution in [2.75, 3.05) is 25.7 Å². The lowest BCUT2D eigenvalue weighted by molar-refractivity contribution is -0.120. The minimum absolute atomic E-state index is 0.0611. The zero-order chi connectivity index (χ0) is 22.9. The van der Waals surface area contributed by atoms with Crippen LogP contribution in [0.2, 0.25) is 0 Å². The number of fused-ring (bicyclic) bond motifs is 1. The second-order valence-electron chi connectivity index (χ2n) is 8.14. The fourth-order valence-corrected chi connectivity index (χ4v) is 3.93. The molecule has 0 radical (unpaired) electrons. The number of nitrogens with zero attached hydrogens (tertiary/aromatic N) is 2. The predicted molar refractivity (Wildman–Crippen MR) is 131 cm³/mol. The standard InChI is InChI=1S/C28H24N2O3/c1-18-4-6-20(7-5-18)24-14-22(19-8-11-23(32-3)12-9-19)15-25(29-24)21-10-13-27-26(16-21)30(2)28(31)17-33-27/h4-16H,17H2,1-3H3. The first-order chi connectivity index (χ1) is 16.0. The van der Waals surface area contributed by atoms with Crippen LogP contribution < -0.4 is 14.4 Å². The number of hydrogen-bond donors (Lipinski definition) is 0. The van der Waals surface area contributed by atoms with E-state index in [0.29, 0.717) is 5.75 Å². The summed E-state index contributed by atoms with van der Waals surface area (Å²) < 4.78 is 10.9. The van der Waals surface area contributed by atoms with Crippen LogP contribution in [-0.4, -0.2) is 31.7 Å². The quantitative estimate of drug-likeness (QED) is 0.408. The van der Waals surface area contributed by atoms with Crippen LogP contribution in [0.15, 0.2) is 78.9 Å². The Bertz CT molecular complexity index is 1330. The van der Waals surface area contributed by atoms with Crippen LogP contribution in [0, 0.1) is 6.92 Å². The van der Waals surface area contributed by atoms with Gasteiger partial charge in [-0.3, -0.25) is 4.79 Å². The highest BCUT2D eigenvalue weighted by Gasteiger charge is 2.23. The maximum atomic E-state index is 12.1. The number of carbonyl (C=O) groups excluding carboxylic acids is 1. The summed E-state index contributed by atoms with van der Waals surface area (Å²) in [6.45, 7) is 2.13. The molecule has 0 aliphatic carbocycles. The number of amides is 1. The number of likely N-dealkylation sites (N-methyl/N-ethyl adjacent to an activating group) is 1. The summed E-state index contributed by atoms with van der Waals surface area (Å²) in [5.74, 6) is 1.44. The van der Waals surface area contributed by atoms with E-state index in [0.717, 1.165) is 45.1 Å². The molecule has 0 fully saturated rings. The Morgan fingerprint density at radius 2 is 1.45 bits per heavy atom. The summed E-state index contributed by atoms with van der Waals surface area (Å²) in [6.07, 6.45) is 0. The largest absolute Gasteiger partial charge is 0.497 e. The lowest BCUT2D eigenvalue weighted by Gasteiger charge is -2.26. The molecule has 1 aliphatic rings. The lowest BCUT2D eigenvalue weighted by atomic mass is 9.99. The Balaban J connectivity index is 1.65. The van der Waals surface area contributed by atoms with E-state index in [1.54, 1.807) is 19.1 Å². The monoisotopic (exact) mass is 436 g/mol. The molecule has 0 spiro atoms. The minimum atomic E-state index is -0.0695. The predicted octanol–water partition coefficient (Wildman–Crippen LogP) is 5.75. The molecular formula is C28H24N2O3. The average Bonchev–Trinajstić information content (AvgIpc) is 2.86. The summed E-state index contributed by atoms with van der Waals surface area (Å²) >= 11 is 0. The van der Waals surface area contributed by atoms with E-state index in [2.05, 4.69) is 43.3 Å². The molecule has 4 aromatic rings. The molecule has 0 saturated carbocycles. The Kier molecular flexibility index (Phi) is 5.31. The summed E-state index contributed by atoms with van der Waals surface area (Å²) in [4.78, 5) is 18.8. The van der Waals surface area contributed by atoms with E-state index in [9.17, 15) is 4.79 Å². The number of aromatic nitrogens is 1. The van der Waals surface area contributed by atoms with Crippen molar-refractivity contribution in [2.45, 2.75) is 6.92 Å². The van der Waals surface area contributed by atoms with Gasteiger partial charge in [0, 0.05) is 18.2 Å². The van der Waals surface area contributed by atoms with Gasteiger partial charge in [-0.25, -0.2) is 4.98 Å². The van der Waals surface area contributed by atoms with E-state index in [1.165, 1.54) is 5.56 Å². The lowest BCUT2D eigenvalue weighted by Crippen LogP contribution is -2.35. The third-order valence-corrected chi connectivity index (χ3v) is 5.94. The van der Waals surface area contributed by atoms with Crippen molar-refractivity contribution in [2.24, 2.45) is 0 Å². The maximum Gasteiger partial charge on any atom is 0.264 e. The summed E-state index contributed by atoms with van der Waals surface area (Å²) in [5, 5.41) is 0. The molecule has 0 saturated heterocycles. The number of anilines is 1. The van der Waals surface area contributed by atoms with Crippen molar-refractivity contribution >= 4 is 11.6 Å². The molecule has 1 aliphatic heterocycles. The third kappa shape index (κ3) is 4.05. The average molecular weight is 437 g/mol. The molecule has 1 amide bonds. The topological polar surface area (TPSA) is 51.7 Å². The van der Waals surface area contributed by atoms with Gasteiger partial charge >= 0.3 is 0 Å². The Morgan fingerprint density at radius 3 is 2.15 bits per heavy atom. The molecule has 2 heterocycles. The second-order valence-corrected chi connectivity index (χ2v) is 8.14. The molecule has 0 atom stereocenters. The number of aryl methyl sites for hydroxylation is 1. The third-order valence-electron chi connectivity index (χ3n) is 5.94. The molecule has 164 valence electrons. The number of benzene rings is 3. The van der Waals surface area contributed by atoms with Gasteiger partial charge in [0.2, 0.25) is 0 Å². The van der Waals surface area contributed by atoms with E-state index in [-0.39, 0.29) is 12.5 Å². The van der Waals surface area contributed by atoms with Gasteiger partial charge in [-0.2, -0.15) is 0 Å². The van der Waals surface area contributed by atoms with Gasteiger partial charge < -0.3 is 14.4 Å². The molecule has 5 nitrogen and oxygen atoms in total. The molecule has 3 aromatic carbocycles. The Hall–Kier alpha value is -4.12. The molecule has 5 rings (SSSR count). The number of carbonyl (C=O) groups is 1. The second kappa shape index (κ2) is 8.43. The molecule has 1 aromatic heterocycles. The van der Waals surface area contributed by atoms with Crippen molar-refractivity contribution in [3.8, 4) is 45.1 Å². The van der Waals surface area contributed by atoms with Crippen LogP contribution in [0.1, 0.15) is 5.56 Å². The molecule has 0 unspecified atom stereocenters. The first-order valence-electron chi connectivity index (χ1n) is 10.8. The van der Waals surface area contributed by atoms with Crippen molar-refractivity contribution < 1.29 is 14.3 Å². The number of pyridine rings is 1. The molecule has 33 heavy (non-hydrogen) atoms. The number of hydrogen-bond acceptors (Lipinski definition) is 4. The van der Waals surface area contributed by atoms with Crippen LogP contribution in [-0.2, 0) is 4.79 Å². The molecule has 0 bridgehead atoms. The van der Waals surface area contributed by atoms with Gasteiger partial charge in [0.25, 0.3) is 5.91 Å². The fraction of sp³-hybridized carbons (Fsp3) is 0.143. The first-order valence-corrected chi connectivity index (χ1v) is 10.8. The van der Waals surface area contributed by atoms with Gasteiger partial charge in [0.05, 0.1) is 24.2 Å². The van der Waals surface area contributed by atoms with Gasteiger partial charge in [-0.05, 0) is 60.5 Å². The Labute approximate surface area is 193 Å².